The van der Waals surface area contributed by atoms with Crippen molar-refractivity contribution < 1.29 is 0 Å². The molecule has 0 aromatic carbocycles. The minimum Gasteiger partial charge on any atom is -0.313 e. The van der Waals surface area contributed by atoms with E-state index in [0.29, 0.717) is 6.04 Å². The topological polar surface area (TPSA) is 15.3 Å². The Balaban J connectivity index is 2.29. The molecule has 14 heavy (non-hydrogen) atoms. The SMILES string of the molecule is CCNC(C)CN1CCC(C)CC1C. The van der Waals surface area contributed by atoms with Crippen LogP contribution in [0.3, 0.4) is 0 Å². The van der Waals surface area contributed by atoms with Crippen molar-refractivity contribution in [3.8, 4) is 0 Å². The molecule has 0 amide bonds. The lowest BCUT2D eigenvalue weighted by Gasteiger charge is -2.38. The third-order valence-electron chi connectivity index (χ3n) is 3.34. The van der Waals surface area contributed by atoms with Crippen LogP contribution >= 0.6 is 0 Å². The fourth-order valence-corrected chi connectivity index (χ4v) is 2.49. The average Bonchev–Trinajstić information content (AvgIpc) is 2.10. The normalized spacial score (nSPS) is 31.7. The van der Waals surface area contributed by atoms with E-state index in [-0.39, 0.29) is 0 Å². The van der Waals surface area contributed by atoms with Gasteiger partial charge < -0.3 is 5.32 Å². The van der Waals surface area contributed by atoms with E-state index in [2.05, 4.69) is 37.9 Å². The van der Waals surface area contributed by atoms with Crippen LogP contribution in [0.4, 0.5) is 0 Å². The zero-order valence-electron chi connectivity index (χ0n) is 10.2. The van der Waals surface area contributed by atoms with Crippen molar-refractivity contribution in [2.75, 3.05) is 19.6 Å². The Morgan fingerprint density at radius 3 is 2.71 bits per heavy atom. The molecule has 1 rings (SSSR count). The minimum atomic E-state index is 0.635. The summed E-state index contributed by atoms with van der Waals surface area (Å²) in [5, 5.41) is 3.48. The molecular formula is C12H26N2. The third-order valence-corrected chi connectivity index (χ3v) is 3.34. The van der Waals surface area contributed by atoms with Crippen LogP contribution in [0.5, 0.6) is 0 Å². The molecule has 1 saturated heterocycles. The Hall–Kier alpha value is -0.0800. The van der Waals surface area contributed by atoms with Crippen LogP contribution in [-0.4, -0.2) is 36.6 Å². The lowest BCUT2D eigenvalue weighted by Crippen LogP contribution is -2.46. The average molecular weight is 198 g/mol. The van der Waals surface area contributed by atoms with Crippen molar-refractivity contribution in [1.82, 2.24) is 10.2 Å². The Morgan fingerprint density at radius 2 is 2.14 bits per heavy atom. The predicted octanol–water partition coefficient (Wildman–Crippen LogP) is 2.10. The number of likely N-dealkylation sites (tertiary alicyclic amines) is 1. The van der Waals surface area contributed by atoms with Crippen LogP contribution in [0.2, 0.25) is 0 Å². The maximum Gasteiger partial charge on any atom is 0.0166 e. The molecule has 0 radical (unpaired) electrons. The largest absolute Gasteiger partial charge is 0.313 e. The summed E-state index contributed by atoms with van der Waals surface area (Å²) >= 11 is 0. The molecule has 0 aliphatic carbocycles. The highest BCUT2D eigenvalue weighted by molar-refractivity contribution is 4.79. The molecule has 84 valence electrons. The van der Waals surface area contributed by atoms with Crippen molar-refractivity contribution in [1.29, 1.82) is 0 Å². The van der Waals surface area contributed by atoms with E-state index in [0.717, 1.165) is 18.5 Å². The lowest BCUT2D eigenvalue weighted by molar-refractivity contribution is 0.119. The molecule has 0 spiro atoms. The first-order valence-corrected chi connectivity index (χ1v) is 6.11. The predicted molar refractivity (Wildman–Crippen MR) is 62.6 cm³/mol. The molecule has 1 aliphatic rings. The van der Waals surface area contributed by atoms with Gasteiger partial charge in [-0.15, -0.1) is 0 Å². The first-order chi connectivity index (χ1) is 6.63. The number of hydrogen-bond donors (Lipinski definition) is 1. The number of piperidine rings is 1. The Bertz CT molecular complexity index is 158. The summed E-state index contributed by atoms with van der Waals surface area (Å²) in [4.78, 5) is 2.63. The van der Waals surface area contributed by atoms with Crippen LogP contribution in [0.15, 0.2) is 0 Å². The maximum atomic E-state index is 3.48. The van der Waals surface area contributed by atoms with Gasteiger partial charge in [0, 0.05) is 18.6 Å². The molecule has 3 atom stereocenters. The summed E-state index contributed by atoms with van der Waals surface area (Å²) in [7, 11) is 0. The van der Waals surface area contributed by atoms with E-state index in [1.807, 2.05) is 0 Å². The Labute approximate surface area is 89.1 Å². The van der Waals surface area contributed by atoms with Crippen LogP contribution in [0, 0.1) is 5.92 Å². The zero-order valence-corrected chi connectivity index (χ0v) is 10.2. The standard InChI is InChI=1S/C12H26N2/c1-5-13-11(3)9-14-7-6-10(2)8-12(14)4/h10-13H,5-9H2,1-4H3. The molecule has 0 aromatic heterocycles. The Kier molecular flexibility index (Phi) is 4.90. The van der Waals surface area contributed by atoms with E-state index in [4.69, 9.17) is 0 Å². The fourth-order valence-electron chi connectivity index (χ4n) is 2.49. The minimum absolute atomic E-state index is 0.635. The third kappa shape index (κ3) is 3.58. The van der Waals surface area contributed by atoms with Gasteiger partial charge in [-0.05, 0) is 45.7 Å². The highest BCUT2D eigenvalue weighted by Gasteiger charge is 2.23. The summed E-state index contributed by atoms with van der Waals surface area (Å²) in [5.74, 6) is 0.927. The summed E-state index contributed by atoms with van der Waals surface area (Å²) in [5.41, 5.74) is 0. The van der Waals surface area contributed by atoms with Gasteiger partial charge in [0.15, 0.2) is 0 Å². The monoisotopic (exact) mass is 198 g/mol. The van der Waals surface area contributed by atoms with E-state index in [1.165, 1.54) is 25.9 Å². The molecule has 1 fully saturated rings. The molecule has 2 nitrogen and oxygen atoms in total. The van der Waals surface area contributed by atoms with Gasteiger partial charge in [0.1, 0.15) is 0 Å². The number of nitrogens with one attached hydrogen (secondary N) is 1. The molecule has 1 N–H and O–H groups in total. The van der Waals surface area contributed by atoms with Crippen LogP contribution < -0.4 is 5.32 Å². The molecule has 2 heteroatoms. The smallest absolute Gasteiger partial charge is 0.0166 e. The summed E-state index contributed by atoms with van der Waals surface area (Å²) in [6, 6.07) is 1.41. The van der Waals surface area contributed by atoms with Gasteiger partial charge in [-0.3, -0.25) is 4.90 Å². The summed E-state index contributed by atoms with van der Waals surface area (Å²) < 4.78 is 0. The van der Waals surface area contributed by atoms with Crippen LogP contribution in [-0.2, 0) is 0 Å². The van der Waals surface area contributed by atoms with Crippen molar-refractivity contribution in [2.24, 2.45) is 5.92 Å². The van der Waals surface area contributed by atoms with Crippen molar-refractivity contribution in [3.63, 3.8) is 0 Å². The maximum absolute atomic E-state index is 3.48. The van der Waals surface area contributed by atoms with Gasteiger partial charge in [0.2, 0.25) is 0 Å². The summed E-state index contributed by atoms with van der Waals surface area (Å²) in [6.07, 6.45) is 2.75. The second-order valence-corrected chi connectivity index (χ2v) is 4.93. The van der Waals surface area contributed by atoms with E-state index in [1.54, 1.807) is 0 Å². The Morgan fingerprint density at radius 1 is 1.43 bits per heavy atom. The molecule has 3 unspecified atom stereocenters. The van der Waals surface area contributed by atoms with Gasteiger partial charge in [-0.25, -0.2) is 0 Å². The number of hydrogen-bond acceptors (Lipinski definition) is 2. The van der Waals surface area contributed by atoms with Gasteiger partial charge in [-0.1, -0.05) is 13.8 Å². The first kappa shape index (κ1) is 12.0. The second kappa shape index (κ2) is 5.72. The van der Waals surface area contributed by atoms with Crippen LogP contribution in [0.1, 0.15) is 40.5 Å². The van der Waals surface area contributed by atoms with Crippen LogP contribution in [0.25, 0.3) is 0 Å². The molecule has 1 aliphatic heterocycles. The highest BCUT2D eigenvalue weighted by Crippen LogP contribution is 2.21. The number of likely N-dealkylation sites (N-methyl/N-ethyl adjacent to an activating group) is 1. The summed E-state index contributed by atoms with van der Waals surface area (Å²) in [6.45, 7) is 12.8. The molecule has 0 saturated carbocycles. The van der Waals surface area contributed by atoms with E-state index in [9.17, 15) is 0 Å². The lowest BCUT2D eigenvalue weighted by atomic mass is 9.93. The highest BCUT2D eigenvalue weighted by atomic mass is 15.2. The van der Waals surface area contributed by atoms with Gasteiger partial charge in [0.05, 0.1) is 0 Å². The van der Waals surface area contributed by atoms with E-state index >= 15 is 0 Å². The van der Waals surface area contributed by atoms with Crippen molar-refractivity contribution >= 4 is 0 Å². The second-order valence-electron chi connectivity index (χ2n) is 4.93. The van der Waals surface area contributed by atoms with Crippen molar-refractivity contribution in [2.45, 2.75) is 52.6 Å². The molecule has 0 bridgehead atoms. The first-order valence-electron chi connectivity index (χ1n) is 6.11. The fraction of sp³-hybridized carbons (Fsp3) is 1.00. The van der Waals surface area contributed by atoms with E-state index < -0.39 is 0 Å². The number of rotatable bonds is 4. The molecule has 1 heterocycles. The van der Waals surface area contributed by atoms with Gasteiger partial charge in [0.25, 0.3) is 0 Å². The van der Waals surface area contributed by atoms with Gasteiger partial charge in [-0.2, -0.15) is 0 Å². The molecular weight excluding hydrogens is 172 g/mol. The zero-order chi connectivity index (χ0) is 10.6. The van der Waals surface area contributed by atoms with Gasteiger partial charge >= 0.3 is 0 Å². The number of nitrogens with zero attached hydrogens (tertiary/aromatic N) is 1. The van der Waals surface area contributed by atoms with Crippen molar-refractivity contribution in [3.05, 3.63) is 0 Å². The quantitative estimate of drug-likeness (QED) is 0.744. The molecule has 0 aromatic rings.